The molecular formula is C21H26FN6+. The number of nitrogens with one attached hydrogen (secondary N) is 1. The van der Waals surface area contributed by atoms with E-state index in [9.17, 15) is 4.39 Å². The molecule has 1 atom stereocenters. The number of nitrogens with zero attached hydrogens (tertiary/aromatic N) is 5. The van der Waals surface area contributed by atoms with E-state index in [1.54, 1.807) is 6.07 Å². The van der Waals surface area contributed by atoms with Crippen LogP contribution in [0.3, 0.4) is 0 Å². The maximum Gasteiger partial charge on any atom is 0.214 e. The average molecular weight is 381 g/mol. The van der Waals surface area contributed by atoms with Crippen LogP contribution >= 0.6 is 0 Å². The normalized spacial score (nSPS) is 16.5. The van der Waals surface area contributed by atoms with E-state index in [1.807, 2.05) is 22.9 Å². The molecule has 1 fully saturated rings. The van der Waals surface area contributed by atoms with Gasteiger partial charge in [-0.2, -0.15) is 0 Å². The number of aromatic nitrogens is 4. The van der Waals surface area contributed by atoms with Crippen molar-refractivity contribution in [2.24, 2.45) is 0 Å². The third kappa shape index (κ3) is 3.62. The molecule has 2 aromatic carbocycles. The Kier molecular flexibility index (Phi) is 5.34. The first-order chi connectivity index (χ1) is 13.6. The lowest BCUT2D eigenvalue weighted by atomic mass is 10.0. The zero-order valence-corrected chi connectivity index (χ0v) is 16.3. The molecule has 1 N–H and O–H groups in total. The van der Waals surface area contributed by atoms with Crippen LogP contribution in [0.25, 0.3) is 0 Å². The van der Waals surface area contributed by atoms with Gasteiger partial charge in [0.2, 0.25) is 5.82 Å². The minimum atomic E-state index is -0.158. The first-order valence-corrected chi connectivity index (χ1v) is 9.82. The van der Waals surface area contributed by atoms with Crippen molar-refractivity contribution >= 4 is 5.69 Å². The van der Waals surface area contributed by atoms with Gasteiger partial charge in [0.05, 0.1) is 37.9 Å². The lowest BCUT2D eigenvalue weighted by molar-refractivity contribution is -0.927. The summed E-state index contributed by atoms with van der Waals surface area (Å²) in [7, 11) is 0. The molecule has 1 aliphatic heterocycles. The first kappa shape index (κ1) is 18.6. The van der Waals surface area contributed by atoms with E-state index in [0.29, 0.717) is 5.69 Å². The standard InChI is InChI=1S/C21H25FN6/c1-16(2)28-21(23-24-25-28)20(17-8-4-3-5-9-17)27-14-12-26(13-15-27)19-11-7-6-10-18(19)22/h3-11,16,20H,12-15H2,1-2H3/p+1/t20-/m1/s1. The third-order valence-electron chi connectivity index (χ3n) is 5.41. The summed E-state index contributed by atoms with van der Waals surface area (Å²) < 4.78 is 16.1. The number of hydrogen-bond donors (Lipinski definition) is 1. The van der Waals surface area contributed by atoms with Crippen LogP contribution in [0.1, 0.15) is 37.3 Å². The molecule has 0 saturated carbocycles. The number of hydrogen-bond acceptors (Lipinski definition) is 4. The van der Waals surface area contributed by atoms with Gasteiger partial charge in [0.25, 0.3) is 0 Å². The van der Waals surface area contributed by atoms with E-state index in [4.69, 9.17) is 0 Å². The second kappa shape index (κ2) is 8.06. The maximum atomic E-state index is 14.2. The van der Waals surface area contributed by atoms with Crippen LogP contribution in [0.15, 0.2) is 54.6 Å². The smallest absolute Gasteiger partial charge is 0.214 e. The highest BCUT2D eigenvalue weighted by Gasteiger charge is 2.34. The van der Waals surface area contributed by atoms with E-state index in [2.05, 4.69) is 58.5 Å². The summed E-state index contributed by atoms with van der Waals surface area (Å²) in [4.78, 5) is 3.53. The maximum absolute atomic E-state index is 14.2. The zero-order chi connectivity index (χ0) is 19.5. The van der Waals surface area contributed by atoms with Gasteiger partial charge < -0.3 is 9.80 Å². The monoisotopic (exact) mass is 381 g/mol. The number of rotatable bonds is 5. The number of benzene rings is 2. The molecule has 146 valence electrons. The highest BCUT2D eigenvalue weighted by molar-refractivity contribution is 5.47. The van der Waals surface area contributed by atoms with Crippen molar-refractivity contribution < 1.29 is 9.29 Å². The first-order valence-electron chi connectivity index (χ1n) is 9.82. The summed E-state index contributed by atoms with van der Waals surface area (Å²) in [5.74, 6) is 0.727. The van der Waals surface area contributed by atoms with Gasteiger partial charge in [-0.15, -0.1) is 5.10 Å². The molecule has 1 aliphatic rings. The van der Waals surface area contributed by atoms with Gasteiger partial charge >= 0.3 is 0 Å². The van der Waals surface area contributed by atoms with Crippen LogP contribution in [-0.2, 0) is 0 Å². The number of piperazine rings is 1. The highest BCUT2D eigenvalue weighted by Crippen LogP contribution is 2.21. The van der Waals surface area contributed by atoms with Crippen molar-refractivity contribution in [2.75, 3.05) is 31.1 Å². The van der Waals surface area contributed by atoms with E-state index in [-0.39, 0.29) is 17.9 Å². The molecule has 0 radical (unpaired) electrons. The minimum absolute atomic E-state index is 0.0568. The van der Waals surface area contributed by atoms with Crippen molar-refractivity contribution in [1.82, 2.24) is 20.2 Å². The van der Waals surface area contributed by atoms with Crippen LogP contribution in [-0.4, -0.2) is 46.4 Å². The second-order valence-electron chi connectivity index (χ2n) is 7.52. The van der Waals surface area contributed by atoms with E-state index in [0.717, 1.165) is 32.0 Å². The Morgan fingerprint density at radius 1 is 0.964 bits per heavy atom. The molecule has 0 unspecified atom stereocenters. The number of para-hydroxylation sites is 1. The van der Waals surface area contributed by atoms with Crippen LogP contribution in [0, 0.1) is 5.82 Å². The van der Waals surface area contributed by atoms with Gasteiger partial charge in [0.15, 0.2) is 6.04 Å². The van der Waals surface area contributed by atoms with E-state index in [1.165, 1.54) is 16.5 Å². The zero-order valence-electron chi connectivity index (χ0n) is 16.3. The molecule has 0 spiro atoms. The van der Waals surface area contributed by atoms with Crippen molar-refractivity contribution in [3.63, 3.8) is 0 Å². The van der Waals surface area contributed by atoms with Crippen LogP contribution in [0.4, 0.5) is 10.1 Å². The Hall–Kier alpha value is -2.80. The van der Waals surface area contributed by atoms with Crippen molar-refractivity contribution in [3.05, 3.63) is 71.8 Å². The van der Waals surface area contributed by atoms with Gasteiger partial charge in [-0.25, -0.2) is 9.07 Å². The topological polar surface area (TPSA) is 51.3 Å². The Morgan fingerprint density at radius 3 is 2.32 bits per heavy atom. The number of tetrazole rings is 1. The summed E-state index contributed by atoms with van der Waals surface area (Å²) in [5.41, 5.74) is 1.89. The number of anilines is 1. The van der Waals surface area contributed by atoms with Crippen molar-refractivity contribution in [1.29, 1.82) is 0 Å². The number of halogens is 1. The Bertz CT molecular complexity index is 902. The van der Waals surface area contributed by atoms with Crippen LogP contribution < -0.4 is 9.80 Å². The summed E-state index contributed by atoms with van der Waals surface area (Å²) in [6.07, 6.45) is 0. The predicted molar refractivity (Wildman–Crippen MR) is 106 cm³/mol. The fraction of sp³-hybridized carbons (Fsp3) is 0.381. The summed E-state index contributed by atoms with van der Waals surface area (Å²) in [6.45, 7) is 7.55. The fourth-order valence-corrected chi connectivity index (χ4v) is 4.00. The molecule has 2 heterocycles. The van der Waals surface area contributed by atoms with Gasteiger partial charge in [-0.1, -0.05) is 42.5 Å². The third-order valence-corrected chi connectivity index (χ3v) is 5.41. The minimum Gasteiger partial charge on any atom is -0.358 e. The van der Waals surface area contributed by atoms with Gasteiger partial charge in [-0.05, 0) is 36.4 Å². The molecule has 1 saturated heterocycles. The quantitative estimate of drug-likeness (QED) is 0.733. The molecule has 1 aromatic heterocycles. The lowest BCUT2D eigenvalue weighted by Crippen LogP contribution is -3.15. The second-order valence-corrected chi connectivity index (χ2v) is 7.52. The Labute approximate surface area is 164 Å². The molecule has 0 bridgehead atoms. The van der Waals surface area contributed by atoms with Crippen LogP contribution in [0.5, 0.6) is 0 Å². The molecule has 0 amide bonds. The Balaban J connectivity index is 1.60. The average Bonchev–Trinajstić information content (AvgIpc) is 3.20. The molecule has 28 heavy (non-hydrogen) atoms. The summed E-state index contributed by atoms with van der Waals surface area (Å²) in [5, 5.41) is 12.5. The molecular weight excluding hydrogens is 355 g/mol. The van der Waals surface area contributed by atoms with Gasteiger partial charge in [0.1, 0.15) is 5.82 Å². The highest BCUT2D eigenvalue weighted by atomic mass is 19.1. The van der Waals surface area contributed by atoms with E-state index < -0.39 is 0 Å². The van der Waals surface area contributed by atoms with Gasteiger partial charge in [-0.3, -0.25) is 0 Å². The fourth-order valence-electron chi connectivity index (χ4n) is 4.00. The molecule has 7 heteroatoms. The molecule has 6 nitrogen and oxygen atoms in total. The Morgan fingerprint density at radius 2 is 1.64 bits per heavy atom. The molecule has 0 aliphatic carbocycles. The SMILES string of the molecule is CC(C)n1nnnc1[C@@H](c1ccccc1)[NH+]1CCN(c2ccccc2F)CC1. The lowest BCUT2D eigenvalue weighted by Gasteiger charge is -2.37. The number of quaternary nitrogens is 1. The van der Waals surface area contributed by atoms with Crippen molar-refractivity contribution in [3.8, 4) is 0 Å². The summed E-state index contributed by atoms with van der Waals surface area (Å²) >= 11 is 0. The van der Waals surface area contributed by atoms with E-state index >= 15 is 0 Å². The predicted octanol–water partition coefficient (Wildman–Crippen LogP) is 1.89. The van der Waals surface area contributed by atoms with Crippen molar-refractivity contribution in [2.45, 2.75) is 25.9 Å². The molecule has 3 aromatic rings. The molecule has 4 rings (SSSR count). The van der Waals surface area contributed by atoms with Crippen LogP contribution in [0.2, 0.25) is 0 Å². The summed E-state index contributed by atoms with van der Waals surface area (Å²) in [6, 6.07) is 17.7. The largest absolute Gasteiger partial charge is 0.358 e. The van der Waals surface area contributed by atoms with Gasteiger partial charge in [0, 0.05) is 5.56 Å².